The number of Topliss-reactive ketones (excluding diaryl/α,β-unsaturated/α-hetero) is 1. The van der Waals surface area contributed by atoms with Crippen LogP contribution in [-0.2, 0) is 17.7 Å². The molecule has 4 N–H and O–H groups in total. The van der Waals surface area contributed by atoms with Crippen molar-refractivity contribution >= 4 is 51.2 Å². The molecular weight excluding hydrogens is 448 g/mol. The van der Waals surface area contributed by atoms with Gasteiger partial charge in [-0.2, -0.15) is 0 Å². The third kappa shape index (κ3) is 5.56. The summed E-state index contributed by atoms with van der Waals surface area (Å²) in [6.07, 6.45) is 0.888. The second-order valence-electron chi connectivity index (χ2n) is 6.01. The summed E-state index contributed by atoms with van der Waals surface area (Å²) in [5.41, 5.74) is 4.20. The average Bonchev–Trinajstić information content (AvgIpc) is 3.38. The number of nitrogen functional groups attached to an aromatic ring is 1. The fourth-order valence-electron chi connectivity index (χ4n) is 2.55. The zero-order chi connectivity index (χ0) is 21.5. The van der Waals surface area contributed by atoms with Gasteiger partial charge in [0.15, 0.2) is 10.1 Å². The lowest BCUT2D eigenvalue weighted by Crippen LogP contribution is -2.37. The summed E-state index contributed by atoms with van der Waals surface area (Å²) in [6.45, 7) is 1.07. The quantitative estimate of drug-likeness (QED) is 0.280. The number of ether oxygens (including phenoxy) is 1. The van der Waals surface area contributed by atoms with E-state index in [9.17, 15) is 14.4 Å². The van der Waals surface area contributed by atoms with E-state index in [0.717, 1.165) is 29.3 Å². The number of nitrogens with two attached hydrogens (primary N) is 1. The van der Waals surface area contributed by atoms with E-state index in [1.54, 1.807) is 11.3 Å². The minimum absolute atomic E-state index is 0.0560. The molecule has 30 heavy (non-hydrogen) atoms. The van der Waals surface area contributed by atoms with Gasteiger partial charge in [0, 0.05) is 18.5 Å². The van der Waals surface area contributed by atoms with Crippen molar-refractivity contribution in [2.24, 2.45) is 0 Å². The van der Waals surface area contributed by atoms with Crippen molar-refractivity contribution in [2.45, 2.75) is 17.3 Å². The van der Waals surface area contributed by atoms with E-state index in [1.165, 1.54) is 23.3 Å². The Kier molecular flexibility index (Phi) is 7.79. The smallest absolute Gasteiger partial charge is 0.330 e. The Labute approximate surface area is 183 Å². The highest BCUT2D eigenvalue weighted by Gasteiger charge is 2.20. The van der Waals surface area contributed by atoms with E-state index >= 15 is 0 Å². The maximum Gasteiger partial charge on any atom is 0.330 e. The van der Waals surface area contributed by atoms with Crippen molar-refractivity contribution in [3.63, 3.8) is 0 Å². The zero-order valence-corrected chi connectivity index (χ0v) is 18.5. The third-order valence-corrected chi connectivity index (χ3v) is 6.95. The number of carbonyl (C=O) groups excluding carboxylic acids is 1. The second-order valence-corrected chi connectivity index (χ2v) is 9.24. The molecule has 0 aromatic carbocycles. The first-order valence-electron chi connectivity index (χ1n) is 8.87. The molecule has 0 unspecified atom stereocenters. The molecule has 0 radical (unpaired) electrons. The van der Waals surface area contributed by atoms with Crippen LogP contribution in [0.15, 0.2) is 31.4 Å². The number of aromatic nitrogens is 4. The van der Waals surface area contributed by atoms with E-state index in [2.05, 4.69) is 26.6 Å². The number of ketones is 1. The van der Waals surface area contributed by atoms with Crippen molar-refractivity contribution < 1.29 is 9.53 Å². The Hall–Kier alpha value is -2.48. The van der Waals surface area contributed by atoms with Crippen molar-refractivity contribution in [1.82, 2.24) is 19.7 Å². The number of thiophene rings is 1. The van der Waals surface area contributed by atoms with Crippen molar-refractivity contribution in [2.75, 3.05) is 37.1 Å². The number of aromatic amines is 1. The summed E-state index contributed by atoms with van der Waals surface area (Å²) in [6, 6.07) is 4.09. The summed E-state index contributed by atoms with van der Waals surface area (Å²) in [7, 11) is 1.48. The molecule has 0 aliphatic rings. The van der Waals surface area contributed by atoms with Crippen LogP contribution < -0.4 is 22.3 Å². The van der Waals surface area contributed by atoms with E-state index in [0.29, 0.717) is 9.47 Å². The summed E-state index contributed by atoms with van der Waals surface area (Å²) in [5, 5.41) is 14.0. The van der Waals surface area contributed by atoms with E-state index in [4.69, 9.17) is 10.5 Å². The number of methoxy groups -OCH3 is 1. The highest BCUT2D eigenvalue weighted by molar-refractivity contribution is 8.01. The third-order valence-electron chi connectivity index (χ3n) is 4.00. The number of nitrogens with zero attached hydrogens (tertiary/aromatic N) is 3. The van der Waals surface area contributed by atoms with Crippen LogP contribution in [0.4, 0.5) is 10.9 Å². The number of anilines is 2. The van der Waals surface area contributed by atoms with Crippen LogP contribution in [-0.4, -0.2) is 51.5 Å². The predicted octanol–water partition coefficient (Wildman–Crippen LogP) is 1.31. The number of H-pyrrole nitrogens is 1. The van der Waals surface area contributed by atoms with Gasteiger partial charge in [0.1, 0.15) is 11.4 Å². The van der Waals surface area contributed by atoms with Crippen LogP contribution >= 0.6 is 34.4 Å². The molecule has 0 bridgehead atoms. The molecule has 160 valence electrons. The van der Waals surface area contributed by atoms with Gasteiger partial charge in [-0.15, -0.1) is 21.5 Å². The van der Waals surface area contributed by atoms with E-state index in [-0.39, 0.29) is 30.3 Å². The average molecular weight is 469 g/mol. The van der Waals surface area contributed by atoms with Gasteiger partial charge in [-0.3, -0.25) is 19.1 Å². The van der Waals surface area contributed by atoms with Gasteiger partial charge < -0.3 is 15.8 Å². The van der Waals surface area contributed by atoms with E-state index < -0.39 is 17.0 Å². The van der Waals surface area contributed by atoms with Crippen molar-refractivity contribution in [3.05, 3.63) is 48.8 Å². The molecule has 0 spiro atoms. The van der Waals surface area contributed by atoms with Gasteiger partial charge >= 0.3 is 5.69 Å². The highest BCUT2D eigenvalue weighted by Crippen LogP contribution is 2.26. The molecule has 3 aromatic rings. The minimum Gasteiger partial charge on any atom is -0.384 e. The molecule has 3 heterocycles. The summed E-state index contributed by atoms with van der Waals surface area (Å²) >= 11 is 4.18. The Morgan fingerprint density at radius 2 is 2.23 bits per heavy atom. The lowest BCUT2D eigenvalue weighted by atomic mass is 10.2. The number of hydrogen-bond donors (Lipinski definition) is 3. The Morgan fingerprint density at radius 3 is 2.97 bits per heavy atom. The van der Waals surface area contributed by atoms with Gasteiger partial charge in [0.05, 0.1) is 18.9 Å². The maximum atomic E-state index is 12.6. The molecule has 0 saturated heterocycles. The first-order chi connectivity index (χ1) is 14.5. The molecule has 0 atom stereocenters. The molecular formula is C17H20N6O4S3. The molecule has 0 saturated carbocycles. The molecule has 0 aliphatic heterocycles. The second kappa shape index (κ2) is 10.5. The molecule has 13 heteroatoms. The van der Waals surface area contributed by atoms with Gasteiger partial charge in [0.2, 0.25) is 5.13 Å². The maximum absolute atomic E-state index is 12.6. The normalized spacial score (nSPS) is 11.0. The van der Waals surface area contributed by atoms with Crippen LogP contribution in [0.1, 0.15) is 15.2 Å². The number of hydrogen-bond acceptors (Lipinski definition) is 11. The zero-order valence-electron chi connectivity index (χ0n) is 16.0. The molecule has 10 nitrogen and oxygen atoms in total. The van der Waals surface area contributed by atoms with Gasteiger partial charge in [-0.25, -0.2) is 4.79 Å². The SMILES string of the molecule is COCCn1c(N)c(C(=O)CSc2nnc(NCCc3cccs3)s2)c(=O)[nH]c1=O. The highest BCUT2D eigenvalue weighted by atomic mass is 32.2. The summed E-state index contributed by atoms with van der Waals surface area (Å²) < 4.78 is 6.63. The van der Waals surface area contributed by atoms with Crippen LogP contribution in [0.25, 0.3) is 0 Å². The summed E-state index contributed by atoms with van der Waals surface area (Å²) in [5.74, 6) is -0.716. The number of thioether (sulfide) groups is 1. The molecule has 0 aliphatic carbocycles. The largest absolute Gasteiger partial charge is 0.384 e. The minimum atomic E-state index is -0.801. The van der Waals surface area contributed by atoms with Crippen LogP contribution in [0.5, 0.6) is 0 Å². The van der Waals surface area contributed by atoms with Gasteiger partial charge in [-0.1, -0.05) is 29.2 Å². The first kappa shape index (κ1) is 22.2. The first-order valence-corrected chi connectivity index (χ1v) is 11.5. The fraction of sp³-hybridized carbons (Fsp3) is 0.353. The van der Waals surface area contributed by atoms with Crippen LogP contribution in [0.2, 0.25) is 0 Å². The van der Waals surface area contributed by atoms with Gasteiger partial charge in [0.25, 0.3) is 5.56 Å². The van der Waals surface area contributed by atoms with Crippen molar-refractivity contribution in [1.29, 1.82) is 0 Å². The monoisotopic (exact) mass is 468 g/mol. The topological polar surface area (TPSA) is 145 Å². The number of carbonyl (C=O) groups is 1. The molecule has 3 rings (SSSR count). The van der Waals surface area contributed by atoms with Crippen LogP contribution in [0.3, 0.4) is 0 Å². The molecule has 0 fully saturated rings. The number of rotatable bonds is 11. The lowest BCUT2D eigenvalue weighted by Gasteiger charge is -2.11. The molecule has 0 amide bonds. The Morgan fingerprint density at radius 1 is 1.40 bits per heavy atom. The Balaban J connectivity index is 1.60. The Bertz CT molecular complexity index is 1110. The van der Waals surface area contributed by atoms with Gasteiger partial charge in [-0.05, 0) is 17.9 Å². The fourth-order valence-corrected chi connectivity index (χ4v) is 4.91. The molecule has 3 aromatic heterocycles. The van der Waals surface area contributed by atoms with E-state index in [1.807, 2.05) is 11.4 Å². The predicted molar refractivity (Wildman–Crippen MR) is 119 cm³/mol. The standard InChI is InChI=1S/C17H20N6O4S3/c1-27-7-6-23-13(18)12(14(25)20-16(23)26)11(24)9-29-17-22-21-15(30-17)19-5-4-10-3-2-8-28-10/h2-3,8H,4-7,9,18H2,1H3,(H,19,21)(H,20,25,26). The lowest BCUT2D eigenvalue weighted by molar-refractivity contribution is 0.102. The number of nitrogens with one attached hydrogen (secondary N) is 2. The van der Waals surface area contributed by atoms with Crippen LogP contribution in [0, 0.1) is 0 Å². The summed E-state index contributed by atoms with van der Waals surface area (Å²) in [4.78, 5) is 40.0. The van der Waals surface area contributed by atoms with Crippen molar-refractivity contribution in [3.8, 4) is 0 Å².